The fourth-order valence-electron chi connectivity index (χ4n) is 3.37. The number of hydrogen-bond donors (Lipinski definition) is 2. The first-order valence-corrected chi connectivity index (χ1v) is 9.92. The number of quaternary nitrogens is 2. The summed E-state index contributed by atoms with van der Waals surface area (Å²) in [7, 11) is 1.70. The van der Waals surface area contributed by atoms with Gasteiger partial charge in [0.2, 0.25) is 0 Å². The average Bonchev–Trinajstić information content (AvgIpc) is 2.74. The SMILES string of the molecule is COc1cc(C[NH2+]CCC[NH+]2CCOCC2)ccc1OCc1ccccc1. The summed E-state index contributed by atoms with van der Waals surface area (Å²) in [6.45, 7) is 8.05. The average molecular weight is 373 g/mol. The second-order valence-electron chi connectivity index (χ2n) is 7.01. The van der Waals surface area contributed by atoms with Crippen molar-refractivity contribution in [3.8, 4) is 11.5 Å². The van der Waals surface area contributed by atoms with Gasteiger partial charge in [-0.05, 0) is 23.8 Å². The van der Waals surface area contributed by atoms with E-state index in [1.165, 1.54) is 18.5 Å². The Kier molecular flexibility index (Phi) is 7.96. The van der Waals surface area contributed by atoms with Crippen molar-refractivity contribution in [1.82, 2.24) is 0 Å². The van der Waals surface area contributed by atoms with Gasteiger partial charge in [0.1, 0.15) is 26.2 Å². The monoisotopic (exact) mass is 372 g/mol. The van der Waals surface area contributed by atoms with Crippen LogP contribution in [-0.2, 0) is 17.9 Å². The first-order chi connectivity index (χ1) is 13.3. The summed E-state index contributed by atoms with van der Waals surface area (Å²) < 4.78 is 16.9. The Bertz CT molecular complexity index is 673. The fraction of sp³-hybridized carbons (Fsp3) is 0.455. The Morgan fingerprint density at radius 1 is 1.00 bits per heavy atom. The van der Waals surface area contributed by atoms with Gasteiger partial charge in [-0.2, -0.15) is 0 Å². The minimum absolute atomic E-state index is 0.548. The smallest absolute Gasteiger partial charge is 0.161 e. The van der Waals surface area contributed by atoms with E-state index in [-0.39, 0.29) is 0 Å². The van der Waals surface area contributed by atoms with Crippen LogP contribution >= 0.6 is 0 Å². The van der Waals surface area contributed by atoms with Crippen molar-refractivity contribution in [1.29, 1.82) is 0 Å². The van der Waals surface area contributed by atoms with E-state index in [1.807, 2.05) is 24.3 Å². The zero-order valence-electron chi connectivity index (χ0n) is 16.3. The van der Waals surface area contributed by atoms with Crippen molar-refractivity contribution in [2.75, 3.05) is 46.5 Å². The van der Waals surface area contributed by atoms with E-state index in [4.69, 9.17) is 14.2 Å². The Morgan fingerprint density at radius 2 is 1.81 bits per heavy atom. The third-order valence-corrected chi connectivity index (χ3v) is 4.98. The molecule has 0 spiro atoms. The van der Waals surface area contributed by atoms with Crippen LogP contribution in [0.25, 0.3) is 0 Å². The summed E-state index contributed by atoms with van der Waals surface area (Å²) in [6, 6.07) is 16.4. The quantitative estimate of drug-likeness (QED) is 0.602. The van der Waals surface area contributed by atoms with Gasteiger partial charge in [-0.3, -0.25) is 0 Å². The highest BCUT2D eigenvalue weighted by Crippen LogP contribution is 2.28. The molecule has 1 fully saturated rings. The molecule has 0 bridgehead atoms. The molecule has 0 saturated carbocycles. The van der Waals surface area contributed by atoms with E-state index in [1.54, 1.807) is 12.0 Å². The molecule has 146 valence electrons. The van der Waals surface area contributed by atoms with E-state index in [9.17, 15) is 0 Å². The number of nitrogens with one attached hydrogen (secondary N) is 1. The normalized spacial score (nSPS) is 14.9. The molecule has 1 heterocycles. The predicted octanol–water partition coefficient (Wildman–Crippen LogP) is 0.643. The lowest BCUT2D eigenvalue weighted by atomic mass is 10.2. The van der Waals surface area contributed by atoms with Crippen LogP contribution in [0.4, 0.5) is 0 Å². The maximum atomic E-state index is 5.93. The van der Waals surface area contributed by atoms with Crippen molar-refractivity contribution in [2.45, 2.75) is 19.6 Å². The molecule has 0 aliphatic carbocycles. The summed E-state index contributed by atoms with van der Waals surface area (Å²) in [6.07, 6.45) is 1.24. The van der Waals surface area contributed by atoms with Gasteiger partial charge in [0.25, 0.3) is 0 Å². The van der Waals surface area contributed by atoms with Crippen molar-refractivity contribution < 1.29 is 24.4 Å². The Labute approximate surface area is 162 Å². The highest BCUT2D eigenvalue weighted by atomic mass is 16.5. The fourth-order valence-corrected chi connectivity index (χ4v) is 3.37. The third kappa shape index (κ3) is 6.54. The molecule has 2 aromatic carbocycles. The van der Waals surface area contributed by atoms with Crippen LogP contribution in [0.2, 0.25) is 0 Å². The molecule has 0 unspecified atom stereocenters. The summed E-state index contributed by atoms with van der Waals surface area (Å²) in [4.78, 5) is 1.68. The Hall–Kier alpha value is -2.08. The van der Waals surface area contributed by atoms with E-state index >= 15 is 0 Å². The van der Waals surface area contributed by atoms with Gasteiger partial charge in [-0.25, -0.2) is 0 Å². The van der Waals surface area contributed by atoms with Crippen molar-refractivity contribution in [3.63, 3.8) is 0 Å². The zero-order chi connectivity index (χ0) is 18.7. The van der Waals surface area contributed by atoms with Gasteiger partial charge in [-0.1, -0.05) is 30.3 Å². The molecular formula is C22H32N2O3+2. The molecule has 5 nitrogen and oxygen atoms in total. The van der Waals surface area contributed by atoms with Gasteiger partial charge in [0, 0.05) is 12.0 Å². The zero-order valence-corrected chi connectivity index (χ0v) is 16.3. The molecule has 1 saturated heterocycles. The first-order valence-electron chi connectivity index (χ1n) is 9.92. The predicted molar refractivity (Wildman–Crippen MR) is 105 cm³/mol. The molecular weight excluding hydrogens is 340 g/mol. The van der Waals surface area contributed by atoms with Crippen molar-refractivity contribution in [3.05, 3.63) is 59.7 Å². The van der Waals surface area contributed by atoms with Crippen LogP contribution in [0.15, 0.2) is 48.5 Å². The number of ether oxygens (including phenoxy) is 3. The Morgan fingerprint density at radius 3 is 2.59 bits per heavy atom. The lowest BCUT2D eigenvalue weighted by Gasteiger charge is -2.23. The maximum absolute atomic E-state index is 5.93. The standard InChI is InChI=1S/C22H30N2O3/c1-25-22-16-20(17-23-10-5-11-24-12-14-26-15-13-24)8-9-21(22)27-18-19-6-3-2-4-7-19/h2-4,6-9,16,23H,5,10-15,17-18H2,1H3/p+2. The molecule has 0 amide bonds. The lowest BCUT2D eigenvalue weighted by molar-refractivity contribution is -0.909. The van der Waals surface area contributed by atoms with Gasteiger partial charge >= 0.3 is 0 Å². The third-order valence-electron chi connectivity index (χ3n) is 4.98. The molecule has 3 rings (SSSR count). The number of methoxy groups -OCH3 is 1. The second-order valence-corrected chi connectivity index (χ2v) is 7.01. The van der Waals surface area contributed by atoms with Gasteiger partial charge in [0.15, 0.2) is 11.5 Å². The number of rotatable bonds is 10. The van der Waals surface area contributed by atoms with Gasteiger partial charge in [-0.15, -0.1) is 0 Å². The van der Waals surface area contributed by atoms with Crippen molar-refractivity contribution >= 4 is 0 Å². The van der Waals surface area contributed by atoms with Crippen LogP contribution in [-0.4, -0.2) is 46.5 Å². The maximum Gasteiger partial charge on any atom is 0.161 e. The van der Waals surface area contributed by atoms with E-state index in [0.29, 0.717) is 6.61 Å². The minimum atomic E-state index is 0.548. The topological polar surface area (TPSA) is 48.7 Å². The molecule has 27 heavy (non-hydrogen) atoms. The Balaban J connectivity index is 1.41. The molecule has 3 N–H and O–H groups in total. The molecule has 5 heteroatoms. The van der Waals surface area contributed by atoms with Crippen molar-refractivity contribution in [2.24, 2.45) is 0 Å². The van der Waals surface area contributed by atoms with Crippen LogP contribution in [0, 0.1) is 0 Å². The van der Waals surface area contributed by atoms with Crippen LogP contribution in [0.3, 0.4) is 0 Å². The van der Waals surface area contributed by atoms with Crippen LogP contribution < -0.4 is 19.7 Å². The van der Waals surface area contributed by atoms with Crippen LogP contribution in [0.5, 0.6) is 11.5 Å². The van der Waals surface area contributed by atoms with Gasteiger partial charge < -0.3 is 24.4 Å². The highest BCUT2D eigenvalue weighted by Gasteiger charge is 2.13. The highest BCUT2D eigenvalue weighted by molar-refractivity contribution is 5.42. The summed E-state index contributed by atoms with van der Waals surface area (Å²) in [5, 5.41) is 2.37. The number of benzene rings is 2. The first kappa shape index (κ1) is 19.7. The van der Waals surface area contributed by atoms with E-state index in [0.717, 1.165) is 56.5 Å². The second kappa shape index (κ2) is 10.9. The minimum Gasteiger partial charge on any atom is -0.493 e. The molecule has 1 aliphatic heterocycles. The molecule has 0 radical (unpaired) electrons. The molecule has 0 aromatic heterocycles. The van der Waals surface area contributed by atoms with Gasteiger partial charge in [0.05, 0.1) is 33.4 Å². The lowest BCUT2D eigenvalue weighted by Crippen LogP contribution is -3.14. The summed E-state index contributed by atoms with van der Waals surface area (Å²) in [5.41, 5.74) is 2.41. The summed E-state index contributed by atoms with van der Waals surface area (Å²) >= 11 is 0. The van der Waals surface area contributed by atoms with E-state index < -0.39 is 0 Å². The summed E-state index contributed by atoms with van der Waals surface area (Å²) in [5.74, 6) is 1.59. The molecule has 0 atom stereocenters. The molecule has 1 aliphatic rings. The largest absolute Gasteiger partial charge is 0.493 e. The number of hydrogen-bond acceptors (Lipinski definition) is 3. The number of morpholine rings is 1. The van der Waals surface area contributed by atoms with E-state index in [2.05, 4.69) is 29.6 Å². The molecule has 2 aromatic rings. The van der Waals surface area contributed by atoms with Crippen LogP contribution in [0.1, 0.15) is 17.5 Å². The number of nitrogens with two attached hydrogens (primary N) is 1.